The monoisotopic (exact) mass is 584 g/mol. The van der Waals surface area contributed by atoms with Crippen LogP contribution in [0.3, 0.4) is 0 Å². The van der Waals surface area contributed by atoms with Crippen molar-refractivity contribution in [3.05, 3.63) is 33.1 Å². The highest BCUT2D eigenvalue weighted by molar-refractivity contribution is 7.54. The maximum absolute atomic E-state index is 15.0. The third-order valence-corrected chi connectivity index (χ3v) is 7.10. The second-order valence-corrected chi connectivity index (χ2v) is 11.5. The van der Waals surface area contributed by atoms with Gasteiger partial charge in [-0.3, -0.25) is 28.5 Å². The van der Waals surface area contributed by atoms with Gasteiger partial charge in [0.25, 0.3) is 5.56 Å². The van der Waals surface area contributed by atoms with Crippen molar-refractivity contribution in [3.63, 3.8) is 0 Å². The Hall–Kier alpha value is -2.46. The highest BCUT2D eigenvalue weighted by atomic mass is 31.2. The summed E-state index contributed by atoms with van der Waals surface area (Å²) in [5.41, 5.74) is -4.66. The normalized spacial score (nSPS) is 17.7. The quantitative estimate of drug-likeness (QED) is 0.113. The molecular weight excluding hydrogens is 546 g/mol. The first-order valence-corrected chi connectivity index (χ1v) is 13.7. The molecule has 0 aliphatic rings. The zero-order chi connectivity index (χ0) is 30.3. The minimum atomic E-state index is -4.46. The van der Waals surface area contributed by atoms with Gasteiger partial charge in [-0.05, 0) is 48.5 Å². The summed E-state index contributed by atoms with van der Waals surface area (Å²) in [6.45, 7) is 8.53. The number of aliphatic hydroxyl groups is 3. The van der Waals surface area contributed by atoms with Gasteiger partial charge in [0.15, 0.2) is 12.4 Å². The Labute approximate surface area is 224 Å². The summed E-state index contributed by atoms with van der Waals surface area (Å²) in [5.74, 6) is -1.66. The third-order valence-electron chi connectivity index (χ3n) is 5.13. The van der Waals surface area contributed by atoms with E-state index in [4.69, 9.17) is 14.0 Å². The number of ether oxygens (including phenoxy) is 2. The van der Waals surface area contributed by atoms with E-state index in [9.17, 15) is 39.1 Å². The van der Waals surface area contributed by atoms with Crippen molar-refractivity contribution in [2.75, 3.05) is 6.61 Å². The maximum Gasteiger partial charge on any atom is 0.342 e. The van der Waals surface area contributed by atoms with Gasteiger partial charge in [-0.25, -0.2) is 19.4 Å². The van der Waals surface area contributed by atoms with Crippen LogP contribution in [0.15, 0.2) is 21.9 Å². The van der Waals surface area contributed by atoms with Gasteiger partial charge in [-0.1, -0.05) is 0 Å². The van der Waals surface area contributed by atoms with Gasteiger partial charge in [0.1, 0.15) is 23.8 Å². The van der Waals surface area contributed by atoms with E-state index >= 15 is 4.39 Å². The summed E-state index contributed by atoms with van der Waals surface area (Å²) >= 11 is 0. The van der Waals surface area contributed by atoms with E-state index in [1.807, 2.05) is 4.98 Å². The number of halogens is 1. The first-order valence-electron chi connectivity index (χ1n) is 12.1. The molecule has 0 aromatic carbocycles. The van der Waals surface area contributed by atoms with Gasteiger partial charge in [0, 0.05) is 12.3 Å². The van der Waals surface area contributed by atoms with Gasteiger partial charge in [-0.2, -0.15) is 0 Å². The zero-order valence-electron chi connectivity index (χ0n) is 22.8. The molecule has 15 nitrogen and oxygen atoms in total. The number of alkyl halides is 1. The Balaban J connectivity index is 3.11. The number of H-pyrrole nitrogens is 1. The molecule has 0 spiro atoms. The largest absolute Gasteiger partial charge is 0.462 e. The number of hydrogen-bond acceptors (Lipinski definition) is 11. The lowest BCUT2D eigenvalue weighted by Gasteiger charge is -2.36. The Kier molecular flexibility index (Phi) is 12.6. The molecule has 6 N–H and O–H groups in total. The van der Waals surface area contributed by atoms with E-state index in [0.717, 1.165) is 19.2 Å². The van der Waals surface area contributed by atoms with Gasteiger partial charge in [0.2, 0.25) is 0 Å². The average Bonchev–Trinajstić information content (AvgIpc) is 2.80. The molecule has 224 valence electrons. The van der Waals surface area contributed by atoms with Crippen LogP contribution in [0, 0.1) is 0 Å². The lowest BCUT2D eigenvalue weighted by molar-refractivity contribution is -0.184. The van der Waals surface area contributed by atoms with Crippen LogP contribution in [0.1, 0.15) is 54.7 Å². The minimum Gasteiger partial charge on any atom is -0.462 e. The number of carbonyl (C=O) groups excluding carboxylic acids is 2. The number of nitrogens with one attached hydrogen (secondary N) is 3. The summed E-state index contributed by atoms with van der Waals surface area (Å²) in [6, 6.07) is -1.67. The van der Waals surface area contributed by atoms with Crippen molar-refractivity contribution < 1.29 is 47.9 Å². The first kappa shape index (κ1) is 34.6. The summed E-state index contributed by atoms with van der Waals surface area (Å²) in [5, 5.41) is 36.1. The highest BCUT2D eigenvalue weighted by Gasteiger charge is 2.45. The molecule has 0 saturated heterocycles. The van der Waals surface area contributed by atoms with Crippen LogP contribution in [0.4, 0.5) is 4.39 Å². The number of rotatable bonds is 15. The summed E-state index contributed by atoms with van der Waals surface area (Å²) in [7, 11) is -4.46. The second kappa shape index (κ2) is 14.3. The predicted molar refractivity (Wildman–Crippen MR) is 135 cm³/mol. The van der Waals surface area contributed by atoms with Crippen molar-refractivity contribution in [1.82, 2.24) is 19.7 Å². The fourth-order valence-corrected chi connectivity index (χ4v) is 4.89. The van der Waals surface area contributed by atoms with Gasteiger partial charge >= 0.3 is 25.3 Å². The molecule has 0 unspecified atom stereocenters. The van der Waals surface area contributed by atoms with Crippen molar-refractivity contribution in [2.24, 2.45) is 0 Å². The van der Waals surface area contributed by atoms with Crippen molar-refractivity contribution in [1.29, 1.82) is 0 Å². The number of aromatic nitrogens is 2. The standard InChI is InChI=1S/C22H38FN4O11P/c1-11(2)37-18(30)13(5)25-39(35,26-14(6)19(31)38-12(3)4)36-10-15(23)17(29)22(7,34)20(32)27-9-8-16(28)24-21(27)33/h8-9,11-15,17,20,29,32,34H,10H2,1-7H3,(H,24,28,33)(H2,25,26,35)/t13-,14-,15-,17+,20+,22+/m0/s1. The fraction of sp³-hybridized carbons (Fsp3) is 0.727. The van der Waals surface area contributed by atoms with Crippen molar-refractivity contribution in [2.45, 2.75) is 96.9 Å². The maximum atomic E-state index is 15.0. The Bertz CT molecular complexity index is 1110. The van der Waals surface area contributed by atoms with Crippen LogP contribution in [0.25, 0.3) is 0 Å². The fourth-order valence-electron chi connectivity index (χ4n) is 3.08. The lowest BCUT2D eigenvalue weighted by Crippen LogP contribution is -2.54. The average molecular weight is 585 g/mol. The van der Waals surface area contributed by atoms with Crippen LogP contribution < -0.4 is 21.4 Å². The van der Waals surface area contributed by atoms with Crippen LogP contribution >= 0.6 is 7.67 Å². The molecule has 0 aliphatic carbocycles. The molecule has 0 bridgehead atoms. The molecule has 1 aromatic rings. The molecule has 1 heterocycles. The lowest BCUT2D eigenvalue weighted by atomic mass is 9.93. The van der Waals surface area contributed by atoms with Crippen LogP contribution in [-0.4, -0.2) is 85.6 Å². The smallest absolute Gasteiger partial charge is 0.342 e. The number of esters is 2. The molecule has 1 rings (SSSR count). The number of aliphatic hydroxyl groups excluding tert-OH is 2. The molecule has 0 fully saturated rings. The molecule has 1 aromatic heterocycles. The van der Waals surface area contributed by atoms with Crippen LogP contribution in [0.5, 0.6) is 0 Å². The molecular formula is C22H38FN4O11P. The van der Waals surface area contributed by atoms with Gasteiger partial charge < -0.3 is 29.3 Å². The van der Waals surface area contributed by atoms with E-state index in [1.54, 1.807) is 27.7 Å². The SMILES string of the molecule is CC(C)OC(=O)[C@H](C)NP(=O)(N[C@@H](C)C(=O)OC(C)C)OC[C@H](F)[C@@H](O)[C@@](C)(O)[C@@H](O)n1ccc(=O)[nH]c1=O. The van der Waals surface area contributed by atoms with E-state index in [2.05, 4.69) is 10.2 Å². The molecule has 39 heavy (non-hydrogen) atoms. The Morgan fingerprint density at radius 2 is 1.51 bits per heavy atom. The van der Waals surface area contributed by atoms with Crippen molar-refractivity contribution >= 4 is 19.6 Å². The number of aromatic amines is 1. The summed E-state index contributed by atoms with van der Waals surface area (Å²) < 4.78 is 44.3. The number of hydrogen-bond donors (Lipinski definition) is 6. The molecule has 0 aliphatic heterocycles. The number of carbonyl (C=O) groups is 2. The summed E-state index contributed by atoms with van der Waals surface area (Å²) in [4.78, 5) is 49.5. The van der Waals surface area contributed by atoms with Crippen molar-refractivity contribution in [3.8, 4) is 0 Å². The first-order chi connectivity index (χ1) is 17.8. The molecule has 0 saturated carbocycles. The Morgan fingerprint density at radius 3 is 1.92 bits per heavy atom. The van der Waals surface area contributed by atoms with Crippen LogP contribution in [-0.2, 0) is 28.2 Å². The van der Waals surface area contributed by atoms with E-state index in [0.29, 0.717) is 4.57 Å². The van der Waals surface area contributed by atoms with Crippen LogP contribution in [0.2, 0.25) is 0 Å². The highest BCUT2D eigenvalue weighted by Crippen LogP contribution is 2.40. The topological polar surface area (TPSA) is 219 Å². The summed E-state index contributed by atoms with van der Waals surface area (Å²) in [6.07, 6.45) is -7.37. The molecule has 0 amide bonds. The van der Waals surface area contributed by atoms with E-state index < -0.39 is 85.9 Å². The predicted octanol–water partition coefficient (Wildman–Crippen LogP) is -0.538. The van der Waals surface area contributed by atoms with Gasteiger partial charge in [0.05, 0.1) is 18.8 Å². The van der Waals surface area contributed by atoms with Gasteiger partial charge in [-0.15, -0.1) is 0 Å². The van der Waals surface area contributed by atoms with E-state index in [-0.39, 0.29) is 0 Å². The third kappa shape index (κ3) is 10.2. The Morgan fingerprint density at radius 1 is 1.05 bits per heavy atom. The minimum absolute atomic E-state index is 0.455. The molecule has 0 radical (unpaired) electrons. The molecule has 6 atom stereocenters. The second-order valence-electron chi connectivity index (χ2n) is 9.60. The zero-order valence-corrected chi connectivity index (χ0v) is 23.7. The number of nitrogens with zero attached hydrogens (tertiary/aromatic N) is 1. The molecule has 17 heteroatoms. The van der Waals surface area contributed by atoms with E-state index in [1.165, 1.54) is 13.8 Å².